The van der Waals surface area contributed by atoms with Crippen LogP contribution in [0, 0.1) is 11.9 Å². The van der Waals surface area contributed by atoms with E-state index in [9.17, 15) is 17.6 Å². The fourth-order valence-corrected chi connectivity index (χ4v) is 3.58. The predicted octanol–water partition coefficient (Wildman–Crippen LogP) is 0.794. The predicted molar refractivity (Wildman–Crippen MR) is 67.7 cm³/mol. The van der Waals surface area contributed by atoms with Crippen molar-refractivity contribution in [2.45, 2.75) is 17.7 Å². The van der Waals surface area contributed by atoms with E-state index in [2.05, 4.69) is 9.72 Å². The molecule has 0 saturated carbocycles. The van der Waals surface area contributed by atoms with Crippen LogP contribution in [0.5, 0.6) is 0 Å². The Morgan fingerprint density at radius 2 is 2.05 bits per heavy atom. The standard InChI is InChI=1S/C12H15FN2O4S/c1-19-12(16)9-4-6-15(7-5-9)20(17,18)10-2-3-11(13)14-8-10/h2-3,8-9H,4-7H2,1H3. The minimum absolute atomic E-state index is 0.0459. The average Bonchev–Trinajstić information content (AvgIpc) is 2.47. The lowest BCUT2D eigenvalue weighted by atomic mass is 9.99. The van der Waals surface area contributed by atoms with Crippen molar-refractivity contribution in [1.29, 1.82) is 0 Å². The molecular weight excluding hydrogens is 287 g/mol. The summed E-state index contributed by atoms with van der Waals surface area (Å²) in [4.78, 5) is 14.7. The van der Waals surface area contributed by atoms with E-state index in [1.165, 1.54) is 17.5 Å². The van der Waals surface area contributed by atoms with Crippen LogP contribution < -0.4 is 0 Å². The maximum absolute atomic E-state index is 12.7. The lowest BCUT2D eigenvalue weighted by Crippen LogP contribution is -2.40. The topological polar surface area (TPSA) is 76.6 Å². The van der Waals surface area contributed by atoms with E-state index in [0.717, 1.165) is 12.3 Å². The number of esters is 1. The quantitative estimate of drug-likeness (QED) is 0.609. The van der Waals surface area contributed by atoms with Gasteiger partial charge in [0.05, 0.1) is 19.2 Å². The molecule has 0 radical (unpaired) electrons. The summed E-state index contributed by atoms with van der Waals surface area (Å²) in [5, 5.41) is 0. The van der Waals surface area contributed by atoms with E-state index >= 15 is 0 Å². The monoisotopic (exact) mass is 302 g/mol. The van der Waals surface area contributed by atoms with Gasteiger partial charge in [-0.1, -0.05) is 0 Å². The van der Waals surface area contributed by atoms with Gasteiger partial charge in [-0.15, -0.1) is 0 Å². The van der Waals surface area contributed by atoms with Gasteiger partial charge in [-0.25, -0.2) is 13.4 Å². The molecule has 20 heavy (non-hydrogen) atoms. The number of sulfonamides is 1. The van der Waals surface area contributed by atoms with Gasteiger partial charge in [0, 0.05) is 13.1 Å². The molecule has 0 amide bonds. The zero-order valence-electron chi connectivity index (χ0n) is 11.0. The van der Waals surface area contributed by atoms with Gasteiger partial charge in [0.25, 0.3) is 0 Å². The molecular formula is C12H15FN2O4S. The van der Waals surface area contributed by atoms with Crippen LogP contribution in [-0.4, -0.2) is 43.9 Å². The van der Waals surface area contributed by atoms with Gasteiger partial charge in [0.2, 0.25) is 16.0 Å². The molecule has 1 aromatic heterocycles. The van der Waals surface area contributed by atoms with Crippen LogP contribution in [0.1, 0.15) is 12.8 Å². The van der Waals surface area contributed by atoms with Crippen molar-refractivity contribution in [3.8, 4) is 0 Å². The summed E-state index contributed by atoms with van der Waals surface area (Å²) >= 11 is 0. The maximum atomic E-state index is 12.7. The molecule has 1 aromatic rings. The first-order valence-electron chi connectivity index (χ1n) is 6.14. The summed E-state index contributed by atoms with van der Waals surface area (Å²) in [5.74, 6) is -1.31. The first kappa shape index (κ1) is 14.9. The van der Waals surface area contributed by atoms with Crippen molar-refractivity contribution in [2.24, 2.45) is 5.92 Å². The zero-order chi connectivity index (χ0) is 14.8. The molecule has 8 heteroatoms. The van der Waals surface area contributed by atoms with Crippen molar-refractivity contribution in [2.75, 3.05) is 20.2 Å². The van der Waals surface area contributed by atoms with Crippen LogP contribution in [0.15, 0.2) is 23.2 Å². The molecule has 0 aliphatic carbocycles. The molecule has 1 aliphatic rings. The first-order valence-corrected chi connectivity index (χ1v) is 7.58. The Kier molecular flexibility index (Phi) is 4.34. The summed E-state index contributed by atoms with van der Waals surface area (Å²) in [6.45, 7) is 0.471. The molecule has 6 nitrogen and oxygen atoms in total. The van der Waals surface area contributed by atoms with Gasteiger partial charge < -0.3 is 4.74 Å². The second-order valence-electron chi connectivity index (χ2n) is 4.52. The molecule has 2 heterocycles. The summed E-state index contributed by atoms with van der Waals surface area (Å²) in [5.41, 5.74) is 0. The second kappa shape index (κ2) is 5.84. The van der Waals surface area contributed by atoms with Gasteiger partial charge in [-0.3, -0.25) is 4.79 Å². The van der Waals surface area contributed by atoms with E-state index < -0.39 is 16.0 Å². The molecule has 0 N–H and O–H groups in total. The van der Waals surface area contributed by atoms with Gasteiger partial charge in [-0.05, 0) is 25.0 Å². The van der Waals surface area contributed by atoms with Crippen molar-refractivity contribution >= 4 is 16.0 Å². The number of hydrogen-bond donors (Lipinski definition) is 0. The number of halogens is 1. The smallest absolute Gasteiger partial charge is 0.308 e. The number of methoxy groups -OCH3 is 1. The SMILES string of the molecule is COC(=O)C1CCN(S(=O)(=O)c2ccc(F)nc2)CC1. The van der Waals surface area contributed by atoms with E-state index in [0.29, 0.717) is 12.8 Å². The second-order valence-corrected chi connectivity index (χ2v) is 6.46. The number of pyridine rings is 1. The average molecular weight is 302 g/mol. The number of aromatic nitrogens is 1. The molecule has 2 rings (SSSR count). The van der Waals surface area contributed by atoms with Crippen molar-refractivity contribution in [3.63, 3.8) is 0 Å². The molecule has 0 spiro atoms. The van der Waals surface area contributed by atoms with Crippen molar-refractivity contribution < 1.29 is 22.3 Å². The fourth-order valence-electron chi connectivity index (χ4n) is 2.16. The molecule has 1 fully saturated rings. The highest BCUT2D eigenvalue weighted by molar-refractivity contribution is 7.89. The van der Waals surface area contributed by atoms with Crippen molar-refractivity contribution in [1.82, 2.24) is 9.29 Å². The molecule has 0 aromatic carbocycles. The van der Waals surface area contributed by atoms with Crippen LogP contribution >= 0.6 is 0 Å². The van der Waals surface area contributed by atoms with E-state index in [1.54, 1.807) is 0 Å². The highest BCUT2D eigenvalue weighted by Gasteiger charge is 2.32. The molecule has 1 saturated heterocycles. The molecule has 0 bridgehead atoms. The number of carbonyl (C=O) groups excluding carboxylic acids is 1. The van der Waals surface area contributed by atoms with Gasteiger partial charge in [-0.2, -0.15) is 8.70 Å². The normalized spacial score (nSPS) is 17.9. The highest BCUT2D eigenvalue weighted by Crippen LogP contribution is 2.24. The summed E-state index contributed by atoms with van der Waals surface area (Å²) in [6.07, 6.45) is 1.83. The van der Waals surface area contributed by atoms with Crippen LogP contribution in [0.4, 0.5) is 4.39 Å². The highest BCUT2D eigenvalue weighted by atomic mass is 32.2. The van der Waals surface area contributed by atoms with Crippen LogP contribution in [-0.2, 0) is 19.6 Å². The van der Waals surface area contributed by atoms with Gasteiger partial charge in [0.1, 0.15) is 4.90 Å². The third kappa shape index (κ3) is 2.96. The number of carbonyl (C=O) groups is 1. The summed E-state index contributed by atoms with van der Waals surface area (Å²) in [6, 6.07) is 2.19. The minimum Gasteiger partial charge on any atom is -0.469 e. The Bertz CT molecular complexity index is 580. The van der Waals surface area contributed by atoms with Crippen molar-refractivity contribution in [3.05, 3.63) is 24.3 Å². The number of hydrogen-bond acceptors (Lipinski definition) is 5. The molecule has 1 aliphatic heterocycles. The largest absolute Gasteiger partial charge is 0.469 e. The first-order chi connectivity index (χ1) is 9.45. The van der Waals surface area contributed by atoms with E-state index in [1.807, 2.05) is 0 Å². The Labute approximate surface area is 116 Å². The Hall–Kier alpha value is -1.54. The lowest BCUT2D eigenvalue weighted by molar-refractivity contribution is -0.146. The van der Waals surface area contributed by atoms with Crippen LogP contribution in [0.3, 0.4) is 0 Å². The summed E-state index contributed by atoms with van der Waals surface area (Å²) in [7, 11) is -2.37. The minimum atomic E-state index is -3.68. The number of rotatable bonds is 3. The maximum Gasteiger partial charge on any atom is 0.308 e. The van der Waals surface area contributed by atoms with E-state index in [-0.39, 0.29) is 29.9 Å². The number of ether oxygens (including phenoxy) is 1. The third-order valence-electron chi connectivity index (χ3n) is 3.33. The number of nitrogens with zero attached hydrogens (tertiary/aromatic N) is 2. The molecule has 0 atom stereocenters. The Morgan fingerprint density at radius 1 is 1.40 bits per heavy atom. The lowest BCUT2D eigenvalue weighted by Gasteiger charge is -2.29. The van der Waals surface area contributed by atoms with E-state index in [4.69, 9.17) is 0 Å². The number of piperidine rings is 1. The van der Waals surface area contributed by atoms with Gasteiger partial charge in [0.15, 0.2) is 0 Å². The van der Waals surface area contributed by atoms with Crippen LogP contribution in [0.2, 0.25) is 0 Å². The van der Waals surface area contributed by atoms with Crippen LogP contribution in [0.25, 0.3) is 0 Å². The fraction of sp³-hybridized carbons (Fsp3) is 0.500. The Morgan fingerprint density at radius 3 is 2.55 bits per heavy atom. The Balaban J connectivity index is 2.09. The van der Waals surface area contributed by atoms with Gasteiger partial charge >= 0.3 is 5.97 Å². The zero-order valence-corrected chi connectivity index (χ0v) is 11.8. The summed E-state index contributed by atoms with van der Waals surface area (Å²) < 4.78 is 43.2. The third-order valence-corrected chi connectivity index (χ3v) is 5.21. The molecule has 110 valence electrons. The molecule has 0 unspecified atom stereocenters.